The topological polar surface area (TPSA) is 43.4 Å². The molecule has 0 spiro atoms. The van der Waals surface area contributed by atoms with E-state index >= 15 is 0 Å². The van der Waals surface area contributed by atoms with Crippen molar-refractivity contribution in [3.05, 3.63) is 69.6 Å². The van der Waals surface area contributed by atoms with Crippen LogP contribution >= 0.6 is 11.3 Å². The number of carbonyl (C=O) groups excluding carboxylic acids is 2. The number of thiophene rings is 1. The lowest BCUT2D eigenvalue weighted by Gasteiger charge is -2.19. The predicted molar refractivity (Wildman–Crippen MR) is 86.1 cm³/mol. The third-order valence-electron chi connectivity index (χ3n) is 3.86. The van der Waals surface area contributed by atoms with Crippen LogP contribution in [0.2, 0.25) is 0 Å². The molecule has 1 aliphatic rings. The zero-order valence-corrected chi connectivity index (χ0v) is 13.2. The van der Waals surface area contributed by atoms with Crippen molar-refractivity contribution in [2.24, 2.45) is 0 Å². The van der Waals surface area contributed by atoms with Crippen LogP contribution in [-0.2, 0) is 9.53 Å². The van der Waals surface area contributed by atoms with Gasteiger partial charge in [0.25, 0.3) is 0 Å². The van der Waals surface area contributed by atoms with Gasteiger partial charge in [-0.05, 0) is 30.9 Å². The molecule has 0 bridgehead atoms. The van der Waals surface area contributed by atoms with Gasteiger partial charge in [0.15, 0.2) is 11.9 Å². The van der Waals surface area contributed by atoms with E-state index in [2.05, 4.69) is 0 Å². The minimum Gasteiger partial charge on any atom is -0.485 e. The lowest BCUT2D eigenvalue weighted by Crippen LogP contribution is -2.27. The first-order valence-corrected chi connectivity index (χ1v) is 7.98. The molecule has 0 saturated carbocycles. The molecule has 0 amide bonds. The lowest BCUT2D eigenvalue weighted by atomic mass is 9.84. The summed E-state index contributed by atoms with van der Waals surface area (Å²) in [5, 5.41) is 1.87. The molecule has 112 valence electrons. The van der Waals surface area contributed by atoms with Gasteiger partial charge in [-0.2, -0.15) is 0 Å². The highest BCUT2D eigenvalue weighted by atomic mass is 32.1. The highest BCUT2D eigenvalue weighted by Crippen LogP contribution is 2.41. The van der Waals surface area contributed by atoms with E-state index in [1.54, 1.807) is 13.0 Å². The second-order valence-corrected chi connectivity index (χ2v) is 6.24. The molecule has 0 unspecified atom stereocenters. The van der Waals surface area contributed by atoms with E-state index in [1.165, 1.54) is 18.3 Å². The summed E-state index contributed by atoms with van der Waals surface area (Å²) in [5.41, 5.74) is 1.53. The van der Waals surface area contributed by atoms with Gasteiger partial charge in [-0.25, -0.2) is 0 Å². The van der Waals surface area contributed by atoms with Crippen molar-refractivity contribution in [2.75, 3.05) is 0 Å². The Balaban J connectivity index is 2.04. The van der Waals surface area contributed by atoms with Crippen molar-refractivity contribution in [1.82, 2.24) is 0 Å². The van der Waals surface area contributed by atoms with Crippen molar-refractivity contribution < 1.29 is 14.3 Å². The van der Waals surface area contributed by atoms with Crippen molar-refractivity contribution in [3.8, 4) is 0 Å². The van der Waals surface area contributed by atoms with Crippen LogP contribution in [0, 0.1) is 0 Å². The number of benzene rings is 1. The monoisotopic (exact) mass is 312 g/mol. The molecule has 2 atom stereocenters. The lowest BCUT2D eigenvalue weighted by molar-refractivity contribution is -0.113. The Kier molecular flexibility index (Phi) is 3.94. The van der Waals surface area contributed by atoms with E-state index in [9.17, 15) is 9.59 Å². The SMILES string of the molecule is CC(=O)C1=C(C)O[C@@H](C(=O)c2cccs2)[C@H]1c1ccccc1. The van der Waals surface area contributed by atoms with E-state index in [0.717, 1.165) is 5.56 Å². The van der Waals surface area contributed by atoms with E-state index in [1.807, 2.05) is 41.8 Å². The predicted octanol–water partition coefficient (Wildman–Crippen LogP) is 3.98. The number of Topliss-reactive ketones (excluding diaryl/α,β-unsaturated/α-hetero) is 2. The van der Waals surface area contributed by atoms with Gasteiger partial charge in [-0.3, -0.25) is 9.59 Å². The molecule has 0 fully saturated rings. The molecule has 1 aromatic heterocycles. The molecule has 2 heterocycles. The maximum absolute atomic E-state index is 12.8. The molecule has 0 aliphatic carbocycles. The summed E-state index contributed by atoms with van der Waals surface area (Å²) >= 11 is 1.39. The van der Waals surface area contributed by atoms with Gasteiger partial charge in [-0.15, -0.1) is 11.3 Å². The quantitative estimate of drug-likeness (QED) is 0.802. The number of allylic oxidation sites excluding steroid dienone is 1. The molecule has 0 saturated heterocycles. The summed E-state index contributed by atoms with van der Waals surface area (Å²) in [6.07, 6.45) is -0.667. The van der Waals surface area contributed by atoms with Gasteiger partial charge < -0.3 is 4.74 Å². The summed E-state index contributed by atoms with van der Waals surface area (Å²) in [7, 11) is 0. The molecule has 3 nitrogen and oxygen atoms in total. The van der Waals surface area contributed by atoms with Crippen LogP contribution in [0.25, 0.3) is 0 Å². The Labute approximate surface area is 133 Å². The number of ether oxygens (including phenoxy) is 1. The van der Waals surface area contributed by atoms with Crippen molar-refractivity contribution in [3.63, 3.8) is 0 Å². The summed E-state index contributed by atoms with van der Waals surface area (Å²) in [5.74, 6) is 0.0943. The molecule has 22 heavy (non-hydrogen) atoms. The van der Waals surface area contributed by atoms with Crippen LogP contribution in [0.1, 0.15) is 35.0 Å². The fourth-order valence-electron chi connectivity index (χ4n) is 2.92. The molecule has 0 N–H and O–H groups in total. The van der Waals surface area contributed by atoms with E-state index in [-0.39, 0.29) is 17.5 Å². The van der Waals surface area contributed by atoms with Crippen LogP contribution in [-0.4, -0.2) is 17.7 Å². The van der Waals surface area contributed by atoms with Crippen molar-refractivity contribution in [2.45, 2.75) is 25.9 Å². The van der Waals surface area contributed by atoms with E-state index < -0.39 is 6.10 Å². The molecule has 0 radical (unpaired) electrons. The summed E-state index contributed by atoms with van der Waals surface area (Å²) in [4.78, 5) is 25.5. The van der Waals surface area contributed by atoms with Crippen molar-refractivity contribution in [1.29, 1.82) is 0 Å². The first-order valence-electron chi connectivity index (χ1n) is 7.10. The van der Waals surface area contributed by atoms with Crippen molar-refractivity contribution >= 4 is 22.9 Å². The molecule has 3 rings (SSSR count). The average Bonchev–Trinajstić information content (AvgIpc) is 3.14. The van der Waals surface area contributed by atoms with Gasteiger partial charge in [0.1, 0.15) is 5.76 Å². The molecular formula is C18H16O3S. The fourth-order valence-corrected chi connectivity index (χ4v) is 3.62. The molecule has 2 aromatic rings. The number of hydrogen-bond acceptors (Lipinski definition) is 4. The van der Waals surface area contributed by atoms with Gasteiger partial charge in [0.05, 0.1) is 10.8 Å². The van der Waals surface area contributed by atoms with Gasteiger partial charge in [0.2, 0.25) is 5.78 Å². The summed E-state index contributed by atoms with van der Waals surface area (Å²) in [6, 6.07) is 13.2. The zero-order chi connectivity index (χ0) is 15.7. The first kappa shape index (κ1) is 14.7. The molecule has 1 aliphatic heterocycles. The highest BCUT2D eigenvalue weighted by molar-refractivity contribution is 7.12. The Morgan fingerprint density at radius 2 is 1.82 bits per heavy atom. The third-order valence-corrected chi connectivity index (χ3v) is 4.74. The molecular weight excluding hydrogens is 296 g/mol. The highest BCUT2D eigenvalue weighted by Gasteiger charge is 2.42. The van der Waals surface area contributed by atoms with Gasteiger partial charge in [-0.1, -0.05) is 36.4 Å². The van der Waals surface area contributed by atoms with Gasteiger partial charge >= 0.3 is 0 Å². The van der Waals surface area contributed by atoms with Crippen LogP contribution in [0.4, 0.5) is 0 Å². The van der Waals surface area contributed by atoms with Crippen LogP contribution in [0.15, 0.2) is 59.2 Å². The van der Waals surface area contributed by atoms with Crippen LogP contribution in [0.5, 0.6) is 0 Å². The summed E-state index contributed by atoms with van der Waals surface area (Å²) < 4.78 is 5.80. The number of rotatable bonds is 4. The Bertz CT molecular complexity index is 729. The van der Waals surface area contributed by atoms with Crippen LogP contribution in [0.3, 0.4) is 0 Å². The second kappa shape index (κ2) is 5.89. The minimum absolute atomic E-state index is 0.0483. The normalized spacial score (nSPS) is 20.8. The number of hydrogen-bond donors (Lipinski definition) is 0. The maximum atomic E-state index is 12.8. The number of carbonyl (C=O) groups is 2. The zero-order valence-electron chi connectivity index (χ0n) is 12.4. The second-order valence-electron chi connectivity index (χ2n) is 5.29. The Morgan fingerprint density at radius 3 is 2.41 bits per heavy atom. The first-order chi connectivity index (χ1) is 10.6. The number of ketones is 2. The smallest absolute Gasteiger partial charge is 0.214 e. The average molecular weight is 312 g/mol. The van der Waals surface area contributed by atoms with E-state index in [0.29, 0.717) is 16.2 Å². The fraction of sp³-hybridized carbons (Fsp3) is 0.222. The minimum atomic E-state index is -0.667. The Morgan fingerprint density at radius 1 is 1.09 bits per heavy atom. The van der Waals surface area contributed by atoms with Gasteiger partial charge in [0, 0.05) is 5.57 Å². The summed E-state index contributed by atoms with van der Waals surface area (Å²) in [6.45, 7) is 3.28. The standard InChI is InChI=1S/C18H16O3S/c1-11(19)15-12(2)21-18(17(20)14-9-6-10-22-14)16(15)13-7-4-3-5-8-13/h3-10,16,18H,1-2H3/t16-,18+/m0/s1. The molecule has 4 heteroatoms. The van der Waals surface area contributed by atoms with Crippen LogP contribution < -0.4 is 0 Å². The molecule has 1 aromatic carbocycles. The van der Waals surface area contributed by atoms with E-state index in [4.69, 9.17) is 4.74 Å². The largest absolute Gasteiger partial charge is 0.485 e. The maximum Gasteiger partial charge on any atom is 0.214 e. The third kappa shape index (κ3) is 2.50. The Hall–Kier alpha value is -2.20.